The molecular weight excluding hydrogens is 289 g/mol. The van der Waals surface area contributed by atoms with E-state index in [1.165, 1.54) is 12.1 Å². The van der Waals surface area contributed by atoms with E-state index in [9.17, 15) is 10.1 Å². The van der Waals surface area contributed by atoms with E-state index in [1.807, 2.05) is 7.05 Å². The molecule has 0 saturated carbocycles. The predicted molar refractivity (Wildman–Crippen MR) is 79.4 cm³/mol. The van der Waals surface area contributed by atoms with Gasteiger partial charge in [-0.05, 0) is 20.9 Å². The molecule has 0 unspecified atom stereocenters. The van der Waals surface area contributed by atoms with Gasteiger partial charge in [0.1, 0.15) is 0 Å². The molecule has 1 aromatic rings. The molecule has 0 heterocycles. The van der Waals surface area contributed by atoms with Gasteiger partial charge in [-0.1, -0.05) is 23.2 Å². The first-order valence-electron chi connectivity index (χ1n) is 5.90. The van der Waals surface area contributed by atoms with Crippen molar-refractivity contribution in [2.24, 2.45) is 0 Å². The minimum absolute atomic E-state index is 0.111. The standard InChI is InChI=1S/C12H17Cl2N3O2/c1-8(2)16(3)5-4-15-12-10(13)6-9(17(18)19)7-11(12)14/h6-8,15H,4-5H2,1-3H3. The SMILES string of the molecule is CC(C)N(C)CCNc1c(Cl)cc([N+](=O)[O-])cc1Cl. The van der Waals surface area contributed by atoms with E-state index in [2.05, 4.69) is 24.1 Å². The molecule has 1 N–H and O–H groups in total. The Morgan fingerprint density at radius 1 is 1.37 bits per heavy atom. The Hall–Kier alpha value is -1.04. The minimum Gasteiger partial charge on any atom is -0.381 e. The van der Waals surface area contributed by atoms with E-state index < -0.39 is 4.92 Å². The van der Waals surface area contributed by atoms with Crippen LogP contribution in [-0.4, -0.2) is 36.0 Å². The molecule has 7 heteroatoms. The van der Waals surface area contributed by atoms with E-state index in [0.717, 1.165) is 6.54 Å². The fourth-order valence-corrected chi connectivity index (χ4v) is 2.06. The van der Waals surface area contributed by atoms with Gasteiger partial charge >= 0.3 is 0 Å². The molecule has 0 bridgehead atoms. The molecule has 0 fully saturated rings. The first-order valence-corrected chi connectivity index (χ1v) is 6.66. The monoisotopic (exact) mass is 305 g/mol. The van der Waals surface area contributed by atoms with Crippen LogP contribution in [0.4, 0.5) is 11.4 Å². The summed E-state index contributed by atoms with van der Waals surface area (Å²) >= 11 is 12.0. The number of benzene rings is 1. The maximum atomic E-state index is 10.7. The maximum Gasteiger partial charge on any atom is 0.272 e. The molecule has 106 valence electrons. The number of non-ortho nitro benzene ring substituents is 1. The lowest BCUT2D eigenvalue weighted by Gasteiger charge is -2.21. The van der Waals surface area contributed by atoms with Gasteiger partial charge in [0, 0.05) is 31.3 Å². The van der Waals surface area contributed by atoms with Crippen LogP contribution in [0.2, 0.25) is 10.0 Å². The summed E-state index contributed by atoms with van der Waals surface area (Å²) in [4.78, 5) is 12.3. The zero-order valence-corrected chi connectivity index (χ0v) is 12.6. The summed E-state index contributed by atoms with van der Waals surface area (Å²) in [6.07, 6.45) is 0. The number of nitrogens with one attached hydrogen (secondary N) is 1. The van der Waals surface area contributed by atoms with Crippen molar-refractivity contribution in [3.8, 4) is 0 Å². The Morgan fingerprint density at radius 2 is 1.89 bits per heavy atom. The van der Waals surface area contributed by atoms with Gasteiger partial charge in [0.15, 0.2) is 0 Å². The number of likely N-dealkylation sites (N-methyl/N-ethyl adjacent to an activating group) is 1. The highest BCUT2D eigenvalue weighted by atomic mass is 35.5. The molecule has 1 rings (SSSR count). The fourth-order valence-electron chi connectivity index (χ4n) is 1.45. The van der Waals surface area contributed by atoms with E-state index in [1.54, 1.807) is 0 Å². The van der Waals surface area contributed by atoms with Gasteiger partial charge in [-0.3, -0.25) is 10.1 Å². The van der Waals surface area contributed by atoms with Gasteiger partial charge in [-0.2, -0.15) is 0 Å². The van der Waals surface area contributed by atoms with Crippen molar-refractivity contribution in [2.45, 2.75) is 19.9 Å². The van der Waals surface area contributed by atoms with Crippen LogP contribution in [0.5, 0.6) is 0 Å². The van der Waals surface area contributed by atoms with Crippen molar-refractivity contribution >= 4 is 34.6 Å². The zero-order chi connectivity index (χ0) is 14.6. The van der Waals surface area contributed by atoms with Crippen molar-refractivity contribution in [2.75, 3.05) is 25.5 Å². The number of hydrogen-bond donors (Lipinski definition) is 1. The van der Waals surface area contributed by atoms with Gasteiger partial charge in [0.05, 0.1) is 20.7 Å². The van der Waals surface area contributed by atoms with E-state index in [4.69, 9.17) is 23.2 Å². The summed E-state index contributed by atoms with van der Waals surface area (Å²) in [7, 11) is 2.02. The summed E-state index contributed by atoms with van der Waals surface area (Å²) < 4.78 is 0. The number of nitrogens with zero attached hydrogens (tertiary/aromatic N) is 2. The van der Waals surface area contributed by atoms with Crippen LogP contribution >= 0.6 is 23.2 Å². The molecule has 0 aliphatic rings. The van der Waals surface area contributed by atoms with Crippen LogP contribution in [-0.2, 0) is 0 Å². The van der Waals surface area contributed by atoms with Gasteiger partial charge in [0.2, 0.25) is 0 Å². The number of rotatable bonds is 6. The first-order chi connectivity index (χ1) is 8.82. The summed E-state index contributed by atoms with van der Waals surface area (Å²) in [5.74, 6) is 0. The zero-order valence-electron chi connectivity index (χ0n) is 11.1. The third-order valence-corrected chi connectivity index (χ3v) is 3.48. The van der Waals surface area contributed by atoms with Crippen LogP contribution in [0.25, 0.3) is 0 Å². The molecular formula is C12H17Cl2N3O2. The Balaban J connectivity index is 2.72. The molecule has 0 amide bonds. The average molecular weight is 306 g/mol. The lowest BCUT2D eigenvalue weighted by atomic mass is 10.2. The van der Waals surface area contributed by atoms with Crippen molar-refractivity contribution in [1.29, 1.82) is 0 Å². The van der Waals surface area contributed by atoms with Crippen molar-refractivity contribution in [3.05, 3.63) is 32.3 Å². The summed E-state index contributed by atoms with van der Waals surface area (Å²) in [5.41, 5.74) is 0.422. The normalized spacial score (nSPS) is 11.1. The van der Waals surface area contributed by atoms with Gasteiger partial charge in [-0.25, -0.2) is 0 Å². The summed E-state index contributed by atoms with van der Waals surface area (Å²) in [6.45, 7) is 5.69. The van der Waals surface area contributed by atoms with E-state index >= 15 is 0 Å². The molecule has 0 aliphatic heterocycles. The molecule has 5 nitrogen and oxygen atoms in total. The molecule has 0 radical (unpaired) electrons. The molecule has 0 aliphatic carbocycles. The number of nitro benzene ring substituents is 1. The van der Waals surface area contributed by atoms with Crippen LogP contribution in [0.15, 0.2) is 12.1 Å². The number of hydrogen-bond acceptors (Lipinski definition) is 4. The lowest BCUT2D eigenvalue weighted by molar-refractivity contribution is -0.384. The number of nitro groups is 1. The first kappa shape index (κ1) is 16.0. The van der Waals surface area contributed by atoms with Gasteiger partial charge < -0.3 is 10.2 Å². The molecule has 0 aromatic heterocycles. The topological polar surface area (TPSA) is 58.4 Å². The second-order valence-corrected chi connectivity index (χ2v) is 5.36. The van der Waals surface area contributed by atoms with Gasteiger partial charge in [0.25, 0.3) is 5.69 Å². The van der Waals surface area contributed by atoms with Crippen LogP contribution in [0.1, 0.15) is 13.8 Å². The second-order valence-electron chi connectivity index (χ2n) is 4.54. The Morgan fingerprint density at radius 3 is 2.32 bits per heavy atom. The molecule has 1 aromatic carbocycles. The highest BCUT2D eigenvalue weighted by molar-refractivity contribution is 6.39. The Labute approximate surface area is 122 Å². The fraction of sp³-hybridized carbons (Fsp3) is 0.500. The third kappa shape index (κ3) is 4.53. The van der Waals surface area contributed by atoms with Crippen LogP contribution < -0.4 is 5.32 Å². The second kappa shape index (κ2) is 6.93. The Kier molecular flexibility index (Phi) is 5.85. The highest BCUT2D eigenvalue weighted by Gasteiger charge is 2.14. The van der Waals surface area contributed by atoms with Crippen LogP contribution in [0, 0.1) is 10.1 Å². The van der Waals surface area contributed by atoms with E-state index in [-0.39, 0.29) is 15.7 Å². The van der Waals surface area contributed by atoms with Crippen molar-refractivity contribution in [3.63, 3.8) is 0 Å². The smallest absolute Gasteiger partial charge is 0.272 e. The largest absolute Gasteiger partial charge is 0.381 e. The molecule has 0 atom stereocenters. The van der Waals surface area contributed by atoms with E-state index in [0.29, 0.717) is 18.3 Å². The van der Waals surface area contributed by atoms with Crippen molar-refractivity contribution < 1.29 is 4.92 Å². The molecule has 0 spiro atoms. The van der Waals surface area contributed by atoms with Crippen LogP contribution in [0.3, 0.4) is 0 Å². The highest BCUT2D eigenvalue weighted by Crippen LogP contribution is 2.34. The molecule has 19 heavy (non-hydrogen) atoms. The summed E-state index contributed by atoms with van der Waals surface area (Å²) in [5, 5.41) is 14.3. The minimum atomic E-state index is -0.520. The lowest BCUT2D eigenvalue weighted by Crippen LogP contribution is -2.31. The third-order valence-electron chi connectivity index (χ3n) is 2.89. The van der Waals surface area contributed by atoms with Gasteiger partial charge in [-0.15, -0.1) is 0 Å². The molecule has 0 saturated heterocycles. The maximum absolute atomic E-state index is 10.7. The Bertz CT molecular complexity index is 443. The predicted octanol–water partition coefficient (Wildman–Crippen LogP) is 3.65. The quantitative estimate of drug-likeness (QED) is 0.644. The number of halogens is 2. The average Bonchev–Trinajstić information content (AvgIpc) is 2.31. The van der Waals surface area contributed by atoms with Crippen molar-refractivity contribution in [1.82, 2.24) is 4.90 Å². The summed E-state index contributed by atoms with van der Waals surface area (Å²) in [6, 6.07) is 3.04. The number of anilines is 1.